The number of hydrogen-bond acceptors (Lipinski definition) is 5. The molecule has 1 rings (SSSR count). The second-order valence-corrected chi connectivity index (χ2v) is 3.11. The van der Waals surface area contributed by atoms with Crippen molar-refractivity contribution in [2.24, 2.45) is 0 Å². The standard InChI is InChI=1S/C8H11F3N4O/c1-15(2-3-16)6-4-5(8(9,10)11)13-7(12)14-6/h4,16H,2-3H2,1H3,(H2,12,13,14). The molecule has 0 atom stereocenters. The van der Waals surface area contributed by atoms with Crippen LogP contribution in [0, 0.1) is 0 Å². The van der Waals surface area contributed by atoms with Gasteiger partial charge in [-0.25, -0.2) is 4.98 Å². The molecule has 0 saturated carbocycles. The van der Waals surface area contributed by atoms with E-state index < -0.39 is 17.8 Å². The lowest BCUT2D eigenvalue weighted by Crippen LogP contribution is -2.24. The predicted molar refractivity (Wildman–Crippen MR) is 51.8 cm³/mol. The molecule has 0 saturated heterocycles. The van der Waals surface area contributed by atoms with E-state index in [9.17, 15) is 13.2 Å². The van der Waals surface area contributed by atoms with Crippen molar-refractivity contribution in [3.8, 4) is 0 Å². The van der Waals surface area contributed by atoms with Gasteiger partial charge < -0.3 is 15.7 Å². The number of likely N-dealkylation sites (N-methyl/N-ethyl adjacent to an activating group) is 1. The van der Waals surface area contributed by atoms with Gasteiger partial charge in [0.15, 0.2) is 5.69 Å². The number of aliphatic hydroxyl groups excluding tert-OH is 1. The van der Waals surface area contributed by atoms with Crippen molar-refractivity contribution in [1.82, 2.24) is 9.97 Å². The van der Waals surface area contributed by atoms with Gasteiger partial charge in [-0.1, -0.05) is 0 Å². The van der Waals surface area contributed by atoms with Crippen LogP contribution in [0.5, 0.6) is 0 Å². The van der Waals surface area contributed by atoms with E-state index in [1.165, 1.54) is 11.9 Å². The summed E-state index contributed by atoms with van der Waals surface area (Å²) in [7, 11) is 1.50. The van der Waals surface area contributed by atoms with Gasteiger partial charge in [0, 0.05) is 19.7 Å². The summed E-state index contributed by atoms with van der Waals surface area (Å²) in [5.41, 5.74) is 4.08. The largest absolute Gasteiger partial charge is 0.433 e. The first kappa shape index (κ1) is 12.5. The van der Waals surface area contributed by atoms with Gasteiger partial charge in [0.1, 0.15) is 5.82 Å². The van der Waals surface area contributed by atoms with Gasteiger partial charge in [0.25, 0.3) is 0 Å². The normalized spacial score (nSPS) is 11.6. The topological polar surface area (TPSA) is 75.3 Å². The number of nitrogens with zero attached hydrogens (tertiary/aromatic N) is 3. The molecule has 90 valence electrons. The van der Waals surface area contributed by atoms with Gasteiger partial charge >= 0.3 is 6.18 Å². The van der Waals surface area contributed by atoms with E-state index in [1.54, 1.807) is 0 Å². The predicted octanol–water partition coefficient (Wildman–Crippen LogP) is 0.506. The average Bonchev–Trinajstić information content (AvgIpc) is 2.16. The Labute approximate surface area is 89.7 Å². The molecule has 0 bridgehead atoms. The number of halogens is 3. The molecule has 3 N–H and O–H groups in total. The maximum Gasteiger partial charge on any atom is 0.433 e. The van der Waals surface area contributed by atoms with E-state index in [0.717, 1.165) is 6.07 Å². The van der Waals surface area contributed by atoms with Gasteiger partial charge in [0.2, 0.25) is 5.95 Å². The van der Waals surface area contributed by atoms with Crippen molar-refractivity contribution in [2.75, 3.05) is 30.8 Å². The molecule has 5 nitrogen and oxygen atoms in total. The molecule has 8 heteroatoms. The summed E-state index contributed by atoms with van der Waals surface area (Å²) >= 11 is 0. The third kappa shape index (κ3) is 2.96. The summed E-state index contributed by atoms with van der Waals surface area (Å²) in [4.78, 5) is 8.10. The fraction of sp³-hybridized carbons (Fsp3) is 0.500. The van der Waals surface area contributed by atoms with E-state index >= 15 is 0 Å². The Morgan fingerprint density at radius 1 is 1.44 bits per heavy atom. The molecule has 0 aliphatic rings. The Bertz CT molecular complexity index is 369. The van der Waals surface area contributed by atoms with Crippen LogP contribution >= 0.6 is 0 Å². The van der Waals surface area contributed by atoms with Crippen LogP contribution < -0.4 is 10.6 Å². The summed E-state index contributed by atoms with van der Waals surface area (Å²) < 4.78 is 37.2. The molecule has 1 aromatic heterocycles. The Morgan fingerprint density at radius 2 is 2.06 bits per heavy atom. The fourth-order valence-electron chi connectivity index (χ4n) is 1.06. The molecule has 0 radical (unpaired) electrons. The van der Waals surface area contributed by atoms with Gasteiger partial charge in [0.05, 0.1) is 6.61 Å². The summed E-state index contributed by atoms with van der Waals surface area (Å²) in [6.07, 6.45) is -4.56. The van der Waals surface area contributed by atoms with E-state index in [2.05, 4.69) is 9.97 Å². The van der Waals surface area contributed by atoms with Crippen molar-refractivity contribution < 1.29 is 18.3 Å². The van der Waals surface area contributed by atoms with E-state index in [-0.39, 0.29) is 19.0 Å². The Kier molecular flexibility index (Phi) is 3.53. The SMILES string of the molecule is CN(CCO)c1cc(C(F)(F)F)nc(N)n1. The van der Waals surface area contributed by atoms with Gasteiger partial charge in [-0.05, 0) is 0 Å². The quantitative estimate of drug-likeness (QED) is 0.799. The molecule has 0 spiro atoms. The molecular weight excluding hydrogens is 225 g/mol. The van der Waals surface area contributed by atoms with E-state index in [4.69, 9.17) is 10.8 Å². The van der Waals surface area contributed by atoms with Crippen molar-refractivity contribution in [1.29, 1.82) is 0 Å². The first-order valence-electron chi connectivity index (χ1n) is 4.38. The van der Waals surface area contributed by atoms with E-state index in [0.29, 0.717) is 0 Å². The zero-order valence-electron chi connectivity index (χ0n) is 8.49. The van der Waals surface area contributed by atoms with Crippen LogP contribution in [0.15, 0.2) is 6.07 Å². The minimum Gasteiger partial charge on any atom is -0.395 e. The second kappa shape index (κ2) is 4.52. The zero-order chi connectivity index (χ0) is 12.3. The number of alkyl halides is 3. The highest BCUT2D eigenvalue weighted by atomic mass is 19.4. The summed E-state index contributed by atoms with van der Waals surface area (Å²) in [6.45, 7) is -0.0322. The first-order chi connectivity index (χ1) is 7.34. The minimum atomic E-state index is -4.56. The van der Waals surface area contributed by atoms with Crippen LogP contribution in [-0.4, -0.2) is 35.3 Å². The number of aromatic nitrogens is 2. The smallest absolute Gasteiger partial charge is 0.395 e. The maximum absolute atomic E-state index is 12.4. The van der Waals surface area contributed by atoms with Crippen LogP contribution in [0.25, 0.3) is 0 Å². The Hall–Kier alpha value is -1.57. The molecule has 0 unspecified atom stereocenters. The number of nitrogen functional groups attached to an aromatic ring is 1. The molecule has 0 aromatic carbocycles. The molecule has 0 fully saturated rings. The second-order valence-electron chi connectivity index (χ2n) is 3.11. The lowest BCUT2D eigenvalue weighted by Gasteiger charge is -2.18. The van der Waals surface area contributed by atoms with Crippen LogP contribution in [-0.2, 0) is 6.18 Å². The third-order valence-electron chi connectivity index (χ3n) is 1.85. The molecular formula is C8H11F3N4O. The summed E-state index contributed by atoms with van der Waals surface area (Å²) in [5.74, 6) is -0.427. The summed E-state index contributed by atoms with van der Waals surface area (Å²) in [5, 5.41) is 8.66. The van der Waals surface area contributed by atoms with Crippen molar-refractivity contribution in [2.45, 2.75) is 6.18 Å². The molecule has 0 aliphatic carbocycles. The first-order valence-corrected chi connectivity index (χ1v) is 4.38. The highest BCUT2D eigenvalue weighted by Gasteiger charge is 2.33. The van der Waals surface area contributed by atoms with Crippen molar-refractivity contribution in [3.05, 3.63) is 11.8 Å². The van der Waals surface area contributed by atoms with E-state index in [1.807, 2.05) is 0 Å². The van der Waals surface area contributed by atoms with Gasteiger partial charge in [-0.15, -0.1) is 0 Å². The van der Waals surface area contributed by atoms with Crippen molar-refractivity contribution >= 4 is 11.8 Å². The average molecular weight is 236 g/mol. The number of rotatable bonds is 3. The highest BCUT2D eigenvalue weighted by Crippen LogP contribution is 2.29. The van der Waals surface area contributed by atoms with Gasteiger partial charge in [-0.2, -0.15) is 18.2 Å². The molecule has 0 amide bonds. The Balaban J connectivity index is 3.08. The van der Waals surface area contributed by atoms with Crippen LogP contribution in [0.3, 0.4) is 0 Å². The van der Waals surface area contributed by atoms with Crippen LogP contribution in [0.4, 0.5) is 24.9 Å². The van der Waals surface area contributed by atoms with Crippen molar-refractivity contribution in [3.63, 3.8) is 0 Å². The minimum absolute atomic E-state index is 0.0221. The fourth-order valence-corrected chi connectivity index (χ4v) is 1.06. The molecule has 1 heterocycles. The lowest BCUT2D eigenvalue weighted by molar-refractivity contribution is -0.141. The monoisotopic (exact) mass is 236 g/mol. The Morgan fingerprint density at radius 3 is 2.56 bits per heavy atom. The zero-order valence-corrected chi connectivity index (χ0v) is 8.49. The third-order valence-corrected chi connectivity index (χ3v) is 1.85. The van der Waals surface area contributed by atoms with Crippen LogP contribution in [0.2, 0.25) is 0 Å². The molecule has 1 aromatic rings. The number of hydrogen-bond donors (Lipinski definition) is 2. The number of anilines is 2. The number of aliphatic hydroxyl groups is 1. The maximum atomic E-state index is 12.4. The summed E-state index contributed by atoms with van der Waals surface area (Å²) in [6, 6.07) is 0.784. The lowest BCUT2D eigenvalue weighted by atomic mass is 10.3. The van der Waals surface area contributed by atoms with Crippen LogP contribution in [0.1, 0.15) is 5.69 Å². The molecule has 16 heavy (non-hydrogen) atoms. The number of nitrogens with two attached hydrogens (primary N) is 1. The highest BCUT2D eigenvalue weighted by molar-refractivity contribution is 5.43. The van der Waals surface area contributed by atoms with Gasteiger partial charge in [-0.3, -0.25) is 0 Å². The molecule has 0 aliphatic heterocycles.